The molecule has 4 rings (SSSR count). The third-order valence-electron chi connectivity index (χ3n) is 5.98. The first-order valence-corrected chi connectivity index (χ1v) is 9.98. The maximum absolute atomic E-state index is 15.0. The van der Waals surface area contributed by atoms with Crippen LogP contribution in [0.1, 0.15) is 41.4 Å². The van der Waals surface area contributed by atoms with Crippen LogP contribution in [0.3, 0.4) is 0 Å². The molecule has 2 aromatic heterocycles. The molecule has 3 heterocycles. The van der Waals surface area contributed by atoms with E-state index < -0.39 is 11.8 Å². The van der Waals surface area contributed by atoms with Crippen molar-refractivity contribution in [1.82, 2.24) is 9.55 Å². The molecule has 1 aliphatic rings. The molecule has 0 aliphatic carbocycles. The number of aliphatic carboxylic acids is 1. The van der Waals surface area contributed by atoms with Gasteiger partial charge in [0.05, 0.1) is 13.0 Å². The van der Waals surface area contributed by atoms with Crippen molar-refractivity contribution in [3.05, 3.63) is 46.0 Å². The van der Waals surface area contributed by atoms with Crippen LogP contribution >= 0.6 is 0 Å². The number of fused-ring (bicyclic) bond motifs is 2. The number of ether oxygens (including phenoxy) is 1. The van der Waals surface area contributed by atoms with Crippen LogP contribution in [0.4, 0.5) is 4.39 Å². The van der Waals surface area contributed by atoms with Crippen molar-refractivity contribution in [3.8, 4) is 16.9 Å². The van der Waals surface area contributed by atoms with Gasteiger partial charge in [-0.2, -0.15) is 0 Å². The summed E-state index contributed by atoms with van der Waals surface area (Å²) in [6.07, 6.45) is 2.26. The van der Waals surface area contributed by atoms with Crippen molar-refractivity contribution in [2.75, 3.05) is 6.61 Å². The predicted octanol–water partition coefficient (Wildman–Crippen LogP) is 4.51. The van der Waals surface area contributed by atoms with Gasteiger partial charge in [-0.15, -0.1) is 0 Å². The molecule has 0 bridgehead atoms. The number of benzene rings is 1. The highest BCUT2D eigenvalue weighted by molar-refractivity contribution is 5.98. The summed E-state index contributed by atoms with van der Waals surface area (Å²) >= 11 is 0. The maximum atomic E-state index is 15.0. The second-order valence-electron chi connectivity index (χ2n) is 7.70. The molecule has 0 radical (unpaired) electrons. The van der Waals surface area contributed by atoms with E-state index in [1.807, 2.05) is 25.5 Å². The number of hydrogen-bond donors (Lipinski definition) is 1. The molecular formula is C23H25FN2O3. The summed E-state index contributed by atoms with van der Waals surface area (Å²) < 4.78 is 22.6. The molecule has 0 saturated carbocycles. The smallest absolute Gasteiger partial charge is 0.307 e. The van der Waals surface area contributed by atoms with Crippen LogP contribution in [0.25, 0.3) is 22.2 Å². The van der Waals surface area contributed by atoms with Gasteiger partial charge in [-0.1, -0.05) is 6.92 Å². The fourth-order valence-corrected chi connectivity index (χ4v) is 4.47. The summed E-state index contributed by atoms with van der Waals surface area (Å²) in [5.41, 5.74) is 6.51. The van der Waals surface area contributed by atoms with Gasteiger partial charge in [0.2, 0.25) is 0 Å². The van der Waals surface area contributed by atoms with Gasteiger partial charge >= 0.3 is 5.97 Å². The van der Waals surface area contributed by atoms with Crippen molar-refractivity contribution in [1.29, 1.82) is 0 Å². The Morgan fingerprint density at radius 1 is 1.34 bits per heavy atom. The molecule has 0 spiro atoms. The number of carbonyl (C=O) groups is 1. The number of pyridine rings is 1. The van der Waals surface area contributed by atoms with Gasteiger partial charge in [0.15, 0.2) is 11.6 Å². The first-order valence-electron chi connectivity index (χ1n) is 9.98. The second kappa shape index (κ2) is 7.17. The summed E-state index contributed by atoms with van der Waals surface area (Å²) in [6, 6.07) is 3.55. The molecule has 1 N–H and O–H groups in total. The van der Waals surface area contributed by atoms with Crippen molar-refractivity contribution < 1.29 is 19.0 Å². The minimum absolute atomic E-state index is 0.158. The Bertz CT molecular complexity index is 1150. The zero-order valence-electron chi connectivity index (χ0n) is 17.2. The highest BCUT2D eigenvalue weighted by Gasteiger charge is 2.26. The molecule has 0 amide bonds. The number of carboxylic acids is 1. The van der Waals surface area contributed by atoms with Gasteiger partial charge < -0.3 is 14.4 Å². The molecule has 29 heavy (non-hydrogen) atoms. The Morgan fingerprint density at radius 2 is 2.10 bits per heavy atom. The number of carboxylic acid groups (broad SMARTS) is 1. The van der Waals surface area contributed by atoms with Gasteiger partial charge in [-0.05, 0) is 67.5 Å². The van der Waals surface area contributed by atoms with Gasteiger partial charge in [-0.3, -0.25) is 4.79 Å². The zero-order valence-corrected chi connectivity index (χ0v) is 17.2. The molecule has 3 aromatic rings. The molecule has 0 fully saturated rings. The van der Waals surface area contributed by atoms with Crippen LogP contribution in [-0.4, -0.2) is 27.2 Å². The van der Waals surface area contributed by atoms with Gasteiger partial charge in [0, 0.05) is 29.4 Å². The Balaban J connectivity index is 2.12. The summed E-state index contributed by atoms with van der Waals surface area (Å²) in [5.74, 6) is -0.987. The van der Waals surface area contributed by atoms with Crippen LogP contribution in [0.15, 0.2) is 12.1 Å². The molecule has 1 aromatic carbocycles. The highest BCUT2D eigenvalue weighted by Crippen LogP contribution is 2.42. The van der Waals surface area contributed by atoms with Crippen LogP contribution < -0.4 is 4.74 Å². The fourth-order valence-electron chi connectivity index (χ4n) is 4.47. The minimum Gasteiger partial charge on any atom is -0.490 e. The lowest BCUT2D eigenvalue weighted by atomic mass is 9.87. The van der Waals surface area contributed by atoms with E-state index in [-0.39, 0.29) is 6.42 Å². The van der Waals surface area contributed by atoms with Crippen LogP contribution in [0, 0.1) is 19.7 Å². The van der Waals surface area contributed by atoms with Crippen molar-refractivity contribution in [2.24, 2.45) is 7.05 Å². The number of hydrogen-bond acceptors (Lipinski definition) is 3. The SMILES string of the molecule is CCc1cc2c(-c3cc(F)c4c(c3C)CCCO4)c(CC(=O)O)c(C)nc2n1C. The third kappa shape index (κ3) is 3.07. The lowest BCUT2D eigenvalue weighted by Crippen LogP contribution is -2.13. The van der Waals surface area contributed by atoms with Crippen molar-refractivity contribution in [2.45, 2.75) is 46.5 Å². The number of nitrogens with zero attached hydrogens (tertiary/aromatic N) is 2. The molecule has 0 atom stereocenters. The average Bonchev–Trinajstić information content (AvgIpc) is 3.01. The largest absolute Gasteiger partial charge is 0.490 e. The highest BCUT2D eigenvalue weighted by atomic mass is 19.1. The third-order valence-corrected chi connectivity index (χ3v) is 5.98. The van der Waals surface area contributed by atoms with Crippen LogP contribution in [0.2, 0.25) is 0 Å². The number of aromatic nitrogens is 2. The quantitative estimate of drug-likeness (QED) is 0.705. The Labute approximate surface area is 169 Å². The summed E-state index contributed by atoms with van der Waals surface area (Å²) in [6.45, 7) is 6.38. The normalized spacial score (nSPS) is 13.4. The lowest BCUT2D eigenvalue weighted by Gasteiger charge is -2.23. The Kier molecular flexibility index (Phi) is 4.81. The van der Waals surface area contributed by atoms with E-state index in [1.165, 1.54) is 6.07 Å². The van der Waals surface area contributed by atoms with E-state index in [0.29, 0.717) is 23.6 Å². The summed E-state index contributed by atoms with van der Waals surface area (Å²) in [7, 11) is 1.96. The van der Waals surface area contributed by atoms with Crippen molar-refractivity contribution >= 4 is 17.0 Å². The Morgan fingerprint density at radius 3 is 2.79 bits per heavy atom. The topological polar surface area (TPSA) is 64.3 Å². The van der Waals surface area contributed by atoms with Crippen LogP contribution in [0.5, 0.6) is 5.75 Å². The van der Waals surface area contributed by atoms with E-state index in [2.05, 4.69) is 13.0 Å². The molecule has 152 valence electrons. The molecule has 5 nitrogen and oxygen atoms in total. The summed E-state index contributed by atoms with van der Waals surface area (Å²) in [4.78, 5) is 16.3. The number of aryl methyl sites for hydroxylation is 3. The Hall–Kier alpha value is -2.89. The molecule has 0 unspecified atom stereocenters. The molecular weight excluding hydrogens is 371 g/mol. The van der Waals surface area contributed by atoms with Crippen LogP contribution in [-0.2, 0) is 31.1 Å². The minimum atomic E-state index is -0.929. The van der Waals surface area contributed by atoms with E-state index in [0.717, 1.165) is 58.2 Å². The fraction of sp³-hybridized carbons (Fsp3) is 0.391. The first kappa shape index (κ1) is 19.4. The van der Waals surface area contributed by atoms with E-state index in [9.17, 15) is 14.3 Å². The number of rotatable bonds is 4. The second-order valence-corrected chi connectivity index (χ2v) is 7.70. The van der Waals surface area contributed by atoms with E-state index >= 15 is 0 Å². The zero-order chi connectivity index (χ0) is 20.9. The van der Waals surface area contributed by atoms with Gasteiger partial charge in [-0.25, -0.2) is 9.37 Å². The first-order chi connectivity index (χ1) is 13.8. The van der Waals surface area contributed by atoms with Crippen molar-refractivity contribution in [3.63, 3.8) is 0 Å². The average molecular weight is 396 g/mol. The molecule has 1 aliphatic heterocycles. The molecule has 0 saturated heterocycles. The predicted molar refractivity (Wildman–Crippen MR) is 110 cm³/mol. The van der Waals surface area contributed by atoms with Gasteiger partial charge in [0.1, 0.15) is 5.65 Å². The summed E-state index contributed by atoms with van der Waals surface area (Å²) in [5, 5.41) is 10.4. The lowest BCUT2D eigenvalue weighted by molar-refractivity contribution is -0.136. The van der Waals surface area contributed by atoms with Gasteiger partial charge in [0.25, 0.3) is 0 Å². The number of halogens is 1. The van der Waals surface area contributed by atoms with E-state index in [1.54, 1.807) is 0 Å². The molecule has 6 heteroatoms. The standard InChI is InChI=1S/C23H25FN2O3/c1-5-14-9-18-21(17(11-20(27)28)13(3)25-23(18)26(14)4)16-10-19(24)22-15(12(16)2)7-6-8-29-22/h9-10H,5-8,11H2,1-4H3,(H,27,28). The monoisotopic (exact) mass is 396 g/mol. The van der Waals surface area contributed by atoms with E-state index in [4.69, 9.17) is 9.72 Å². The maximum Gasteiger partial charge on any atom is 0.307 e.